The number of carboxylic acid groups (broad SMARTS) is 1. The third kappa shape index (κ3) is 2.16. The number of hydrogen-bond acceptors (Lipinski definition) is 3. The van der Waals surface area contributed by atoms with Crippen LogP contribution in [0.3, 0.4) is 0 Å². The molecule has 0 bridgehead atoms. The number of carbonyl (C=O) groups is 2. The summed E-state index contributed by atoms with van der Waals surface area (Å²) in [6.07, 6.45) is 0. The van der Waals surface area contributed by atoms with Crippen LogP contribution in [0.25, 0.3) is 0 Å². The van der Waals surface area contributed by atoms with Crippen LogP contribution >= 0.6 is 43.2 Å². The summed E-state index contributed by atoms with van der Waals surface area (Å²) >= 11 is 8.03. The minimum Gasteiger partial charge on any atom is -0.481 e. The Kier molecular flexibility index (Phi) is 3.37. The quantitative estimate of drug-likeness (QED) is 0.872. The summed E-state index contributed by atoms with van der Waals surface area (Å²) in [6.45, 7) is 0.599. The van der Waals surface area contributed by atoms with Crippen molar-refractivity contribution < 1.29 is 14.7 Å². The molecule has 0 aliphatic carbocycles. The fourth-order valence-corrected chi connectivity index (χ4v) is 4.23. The predicted octanol–water partition coefficient (Wildman–Crippen LogP) is 2.43. The highest BCUT2D eigenvalue weighted by atomic mass is 79.9. The van der Waals surface area contributed by atoms with Gasteiger partial charge in [-0.15, -0.1) is 11.3 Å². The summed E-state index contributed by atoms with van der Waals surface area (Å²) in [7, 11) is 0. The van der Waals surface area contributed by atoms with Gasteiger partial charge in [-0.3, -0.25) is 9.59 Å². The van der Waals surface area contributed by atoms with E-state index in [2.05, 4.69) is 31.9 Å². The maximum absolute atomic E-state index is 11.9. The Balaban J connectivity index is 2.05. The number of hydrogen-bond donors (Lipinski definition) is 1. The summed E-state index contributed by atoms with van der Waals surface area (Å²) < 4.78 is 1.64. The van der Waals surface area contributed by atoms with Crippen LogP contribution in [0.4, 0.5) is 0 Å². The lowest BCUT2D eigenvalue weighted by Crippen LogP contribution is -2.53. The molecule has 1 amide bonds. The van der Waals surface area contributed by atoms with Gasteiger partial charge >= 0.3 is 5.97 Å². The molecule has 16 heavy (non-hydrogen) atoms. The zero-order valence-corrected chi connectivity index (χ0v) is 11.9. The second-order valence-corrected chi connectivity index (χ2v) is 7.23. The Labute approximate surface area is 113 Å². The molecule has 1 fully saturated rings. The molecular weight excluding hydrogens is 362 g/mol. The average Bonchev–Trinajstić information content (AvgIpc) is 2.41. The van der Waals surface area contributed by atoms with Crippen LogP contribution in [0, 0.1) is 5.92 Å². The number of nitrogens with zero attached hydrogens (tertiary/aromatic N) is 1. The highest BCUT2D eigenvalue weighted by Crippen LogP contribution is 2.33. The number of aliphatic carboxylic acids is 1. The molecule has 1 aliphatic rings. The molecule has 1 saturated heterocycles. The lowest BCUT2D eigenvalue weighted by atomic mass is 10.00. The standard InChI is InChI=1S/C9H7Br2NO3S/c10-6-1-5(7(11)16-6)8(13)12-2-4(3-12)9(14)15/h1,4H,2-3H2,(H,14,15). The molecule has 86 valence electrons. The number of thiophene rings is 1. The fourth-order valence-electron chi connectivity index (χ4n) is 1.46. The zero-order valence-electron chi connectivity index (χ0n) is 7.94. The van der Waals surface area contributed by atoms with Gasteiger partial charge in [-0.2, -0.15) is 0 Å². The van der Waals surface area contributed by atoms with Gasteiger partial charge < -0.3 is 10.0 Å². The van der Waals surface area contributed by atoms with E-state index in [0.29, 0.717) is 18.7 Å². The molecule has 1 aromatic heterocycles. The highest BCUT2D eigenvalue weighted by Gasteiger charge is 2.36. The summed E-state index contributed by atoms with van der Waals surface area (Å²) in [4.78, 5) is 24.1. The molecule has 0 unspecified atom stereocenters. The van der Waals surface area contributed by atoms with E-state index in [9.17, 15) is 9.59 Å². The van der Waals surface area contributed by atoms with Crippen molar-refractivity contribution in [3.8, 4) is 0 Å². The molecule has 1 aliphatic heterocycles. The molecule has 0 spiro atoms. The number of rotatable bonds is 2. The van der Waals surface area contributed by atoms with E-state index in [0.717, 1.165) is 7.57 Å². The fraction of sp³-hybridized carbons (Fsp3) is 0.333. The van der Waals surface area contributed by atoms with Crippen LogP contribution in [-0.2, 0) is 4.79 Å². The highest BCUT2D eigenvalue weighted by molar-refractivity contribution is 9.12. The SMILES string of the molecule is O=C(O)C1CN(C(=O)c2cc(Br)sc2Br)C1. The van der Waals surface area contributed by atoms with Gasteiger partial charge in [0.1, 0.15) is 0 Å². The van der Waals surface area contributed by atoms with Crippen molar-refractivity contribution in [3.63, 3.8) is 0 Å². The minimum atomic E-state index is -0.838. The maximum Gasteiger partial charge on any atom is 0.310 e. The molecular formula is C9H7Br2NO3S. The molecule has 2 rings (SSSR count). The van der Waals surface area contributed by atoms with Crippen molar-refractivity contribution in [2.45, 2.75) is 0 Å². The first-order valence-corrected chi connectivity index (χ1v) is 6.86. The van der Waals surface area contributed by atoms with Gasteiger partial charge in [-0.1, -0.05) is 0 Å². The molecule has 1 N–H and O–H groups in total. The summed E-state index contributed by atoms with van der Waals surface area (Å²) in [5.41, 5.74) is 0.584. The Morgan fingerprint density at radius 1 is 1.44 bits per heavy atom. The van der Waals surface area contributed by atoms with Gasteiger partial charge in [-0.05, 0) is 37.9 Å². The summed E-state index contributed by atoms with van der Waals surface area (Å²) in [5, 5.41) is 8.71. The molecule has 0 radical (unpaired) electrons. The molecule has 2 heterocycles. The van der Waals surface area contributed by atoms with Gasteiger partial charge in [0, 0.05) is 13.1 Å². The Morgan fingerprint density at radius 3 is 2.50 bits per heavy atom. The second kappa shape index (κ2) is 4.46. The first-order chi connectivity index (χ1) is 7.49. The third-order valence-electron chi connectivity index (χ3n) is 2.41. The van der Waals surface area contributed by atoms with Crippen LogP contribution < -0.4 is 0 Å². The van der Waals surface area contributed by atoms with Crippen LogP contribution in [0.15, 0.2) is 13.6 Å². The van der Waals surface area contributed by atoms with Crippen molar-refractivity contribution in [2.75, 3.05) is 13.1 Å². The molecule has 4 nitrogen and oxygen atoms in total. The predicted molar refractivity (Wildman–Crippen MR) is 66.7 cm³/mol. The van der Waals surface area contributed by atoms with Crippen molar-refractivity contribution in [3.05, 3.63) is 19.2 Å². The first kappa shape index (κ1) is 12.1. The Morgan fingerprint density at radius 2 is 2.06 bits per heavy atom. The van der Waals surface area contributed by atoms with Crippen molar-refractivity contribution in [1.29, 1.82) is 0 Å². The second-order valence-electron chi connectivity index (χ2n) is 3.48. The average molecular weight is 369 g/mol. The molecule has 1 aromatic rings. The number of likely N-dealkylation sites (tertiary alicyclic amines) is 1. The summed E-state index contributed by atoms with van der Waals surface area (Å²) in [5.74, 6) is -1.37. The van der Waals surface area contributed by atoms with Crippen LogP contribution in [-0.4, -0.2) is 35.0 Å². The molecule has 0 saturated carbocycles. The third-order valence-corrected chi connectivity index (χ3v) is 4.74. The number of amides is 1. The van der Waals surface area contributed by atoms with Gasteiger partial charge in [0.15, 0.2) is 0 Å². The monoisotopic (exact) mass is 367 g/mol. The van der Waals surface area contributed by atoms with Crippen molar-refractivity contribution >= 4 is 55.1 Å². The van der Waals surface area contributed by atoms with Crippen molar-refractivity contribution in [2.24, 2.45) is 5.92 Å². The topological polar surface area (TPSA) is 57.6 Å². The van der Waals surface area contributed by atoms with E-state index in [4.69, 9.17) is 5.11 Å². The number of carboxylic acids is 1. The van der Waals surface area contributed by atoms with E-state index in [1.165, 1.54) is 16.2 Å². The van der Waals surface area contributed by atoms with Crippen LogP contribution in [0.1, 0.15) is 10.4 Å². The van der Waals surface area contributed by atoms with Crippen LogP contribution in [0.5, 0.6) is 0 Å². The van der Waals surface area contributed by atoms with E-state index < -0.39 is 11.9 Å². The maximum atomic E-state index is 11.9. The Bertz CT molecular complexity index is 454. The molecule has 0 atom stereocenters. The molecule has 7 heteroatoms. The lowest BCUT2D eigenvalue weighted by molar-refractivity contribution is -0.146. The van der Waals surface area contributed by atoms with E-state index >= 15 is 0 Å². The van der Waals surface area contributed by atoms with Gasteiger partial charge in [0.25, 0.3) is 5.91 Å². The Hall–Kier alpha value is -0.400. The van der Waals surface area contributed by atoms with E-state index in [-0.39, 0.29) is 5.91 Å². The smallest absolute Gasteiger partial charge is 0.310 e. The largest absolute Gasteiger partial charge is 0.481 e. The zero-order chi connectivity index (χ0) is 11.9. The summed E-state index contributed by atoms with van der Waals surface area (Å²) in [6, 6.07) is 1.74. The number of halogens is 2. The van der Waals surface area contributed by atoms with Gasteiger partial charge in [-0.25, -0.2) is 0 Å². The van der Waals surface area contributed by atoms with Crippen molar-refractivity contribution in [1.82, 2.24) is 4.90 Å². The van der Waals surface area contributed by atoms with Crippen LogP contribution in [0.2, 0.25) is 0 Å². The van der Waals surface area contributed by atoms with Gasteiger partial charge in [0.2, 0.25) is 0 Å². The normalized spacial score (nSPS) is 16.0. The van der Waals surface area contributed by atoms with E-state index in [1.807, 2.05) is 0 Å². The van der Waals surface area contributed by atoms with E-state index in [1.54, 1.807) is 6.07 Å². The molecule has 0 aromatic carbocycles. The first-order valence-electron chi connectivity index (χ1n) is 4.46. The van der Waals surface area contributed by atoms with Gasteiger partial charge in [0.05, 0.1) is 19.1 Å². The lowest BCUT2D eigenvalue weighted by Gasteiger charge is -2.36. The number of carbonyl (C=O) groups excluding carboxylic acids is 1. The minimum absolute atomic E-state index is 0.119.